The molecule has 0 atom stereocenters. The van der Waals surface area contributed by atoms with Crippen molar-refractivity contribution in [3.8, 4) is 0 Å². The number of benzene rings is 1. The first kappa shape index (κ1) is 17.1. The molecule has 0 aliphatic heterocycles. The molecule has 5 nitrogen and oxygen atoms in total. The zero-order valence-corrected chi connectivity index (χ0v) is 14.7. The average molecular weight is 314 g/mol. The van der Waals surface area contributed by atoms with Crippen LogP contribution in [0, 0.1) is 5.92 Å². The summed E-state index contributed by atoms with van der Waals surface area (Å²) in [4.78, 5) is 20.8. The van der Waals surface area contributed by atoms with Crippen LogP contribution in [0.15, 0.2) is 41.5 Å². The van der Waals surface area contributed by atoms with Crippen LogP contribution in [0.3, 0.4) is 0 Å². The fourth-order valence-corrected chi connectivity index (χ4v) is 2.48. The predicted molar refractivity (Wildman–Crippen MR) is 96.2 cm³/mol. The zero-order valence-electron chi connectivity index (χ0n) is 14.7. The lowest BCUT2D eigenvalue weighted by molar-refractivity contribution is 0.508. The van der Waals surface area contributed by atoms with Crippen molar-refractivity contribution >= 4 is 11.5 Å². The second-order valence-electron chi connectivity index (χ2n) is 6.52. The lowest BCUT2D eigenvalue weighted by Crippen LogP contribution is -2.31. The summed E-state index contributed by atoms with van der Waals surface area (Å²) in [5, 5.41) is 0. The molecule has 0 bridgehead atoms. The molecule has 2 aromatic rings. The van der Waals surface area contributed by atoms with Crippen LogP contribution in [0.2, 0.25) is 0 Å². The van der Waals surface area contributed by atoms with Crippen LogP contribution < -0.4 is 15.4 Å². The number of hydrogen-bond acceptors (Lipinski definition) is 4. The summed E-state index contributed by atoms with van der Waals surface area (Å²) in [6.07, 6.45) is 3.45. The van der Waals surface area contributed by atoms with Crippen LogP contribution >= 0.6 is 0 Å². The third kappa shape index (κ3) is 4.34. The minimum Gasteiger partial charge on any atom is -0.378 e. The molecule has 0 radical (unpaired) electrons. The van der Waals surface area contributed by atoms with E-state index in [9.17, 15) is 4.79 Å². The first-order valence-electron chi connectivity index (χ1n) is 7.91. The molecular weight excluding hydrogens is 288 g/mol. The number of rotatable bonds is 6. The fourth-order valence-electron chi connectivity index (χ4n) is 2.48. The monoisotopic (exact) mass is 314 g/mol. The molecule has 2 rings (SSSR count). The van der Waals surface area contributed by atoms with Crippen molar-refractivity contribution in [2.75, 3.05) is 30.9 Å². The Morgan fingerprint density at radius 2 is 1.78 bits per heavy atom. The Bertz CT molecular complexity index is 689. The SMILES string of the molecule is CC(C)Cn1ccnc(N(C)Cc2ccc(N(C)C)cc2)c1=O. The third-order valence-corrected chi connectivity index (χ3v) is 3.69. The highest BCUT2D eigenvalue weighted by molar-refractivity contribution is 5.47. The van der Waals surface area contributed by atoms with Gasteiger partial charge in [-0.15, -0.1) is 0 Å². The molecule has 0 saturated carbocycles. The van der Waals surface area contributed by atoms with Crippen molar-refractivity contribution in [1.29, 1.82) is 0 Å². The van der Waals surface area contributed by atoms with E-state index in [0.29, 0.717) is 24.8 Å². The van der Waals surface area contributed by atoms with Crippen molar-refractivity contribution < 1.29 is 0 Å². The van der Waals surface area contributed by atoms with Gasteiger partial charge in [-0.25, -0.2) is 4.98 Å². The van der Waals surface area contributed by atoms with Crippen LogP contribution in [0.5, 0.6) is 0 Å². The zero-order chi connectivity index (χ0) is 17.0. The van der Waals surface area contributed by atoms with E-state index in [1.54, 1.807) is 17.0 Å². The minimum absolute atomic E-state index is 0.0337. The Morgan fingerprint density at radius 3 is 2.35 bits per heavy atom. The summed E-state index contributed by atoms with van der Waals surface area (Å²) in [5.74, 6) is 0.914. The summed E-state index contributed by atoms with van der Waals surface area (Å²) in [6, 6.07) is 8.33. The Labute approximate surface area is 138 Å². The molecule has 1 heterocycles. The number of nitrogens with zero attached hydrogens (tertiary/aromatic N) is 4. The molecule has 0 aliphatic carbocycles. The van der Waals surface area contributed by atoms with E-state index in [4.69, 9.17) is 0 Å². The van der Waals surface area contributed by atoms with Gasteiger partial charge < -0.3 is 14.4 Å². The second-order valence-corrected chi connectivity index (χ2v) is 6.52. The Hall–Kier alpha value is -2.30. The number of hydrogen-bond donors (Lipinski definition) is 0. The molecule has 0 unspecified atom stereocenters. The highest BCUT2D eigenvalue weighted by Gasteiger charge is 2.11. The molecule has 5 heteroatoms. The van der Waals surface area contributed by atoms with Gasteiger partial charge >= 0.3 is 0 Å². The predicted octanol–water partition coefficient (Wildman–Crippen LogP) is 2.60. The maximum atomic E-state index is 12.5. The van der Waals surface area contributed by atoms with Gasteiger partial charge in [-0.05, 0) is 23.6 Å². The van der Waals surface area contributed by atoms with Crippen molar-refractivity contribution in [3.63, 3.8) is 0 Å². The summed E-state index contributed by atoms with van der Waals surface area (Å²) in [6.45, 7) is 5.56. The standard InChI is InChI=1S/C18H26N4O/c1-14(2)12-22-11-10-19-17(18(22)23)21(5)13-15-6-8-16(9-7-15)20(3)4/h6-11,14H,12-13H2,1-5H3. The van der Waals surface area contributed by atoms with E-state index in [1.807, 2.05) is 26.0 Å². The maximum absolute atomic E-state index is 12.5. The smallest absolute Gasteiger partial charge is 0.293 e. The molecular formula is C18H26N4O. The van der Waals surface area contributed by atoms with Crippen molar-refractivity contribution in [3.05, 3.63) is 52.6 Å². The number of aromatic nitrogens is 2. The fraction of sp³-hybridized carbons (Fsp3) is 0.444. The topological polar surface area (TPSA) is 41.4 Å². The average Bonchev–Trinajstić information content (AvgIpc) is 2.49. The molecule has 0 saturated heterocycles. The van der Waals surface area contributed by atoms with Gasteiger partial charge in [0.05, 0.1) is 0 Å². The van der Waals surface area contributed by atoms with E-state index in [-0.39, 0.29) is 5.56 Å². The van der Waals surface area contributed by atoms with Gasteiger partial charge in [0.25, 0.3) is 5.56 Å². The molecule has 1 aromatic carbocycles. The Kier molecular flexibility index (Phi) is 5.42. The first-order valence-corrected chi connectivity index (χ1v) is 7.91. The van der Waals surface area contributed by atoms with Crippen LogP contribution in [0.25, 0.3) is 0 Å². The first-order chi connectivity index (χ1) is 10.9. The molecule has 1 aromatic heterocycles. The van der Waals surface area contributed by atoms with Crippen molar-refractivity contribution in [1.82, 2.24) is 9.55 Å². The minimum atomic E-state index is -0.0337. The summed E-state index contributed by atoms with van der Waals surface area (Å²) >= 11 is 0. The molecule has 0 spiro atoms. The van der Waals surface area contributed by atoms with E-state index in [0.717, 1.165) is 11.3 Å². The van der Waals surface area contributed by atoms with Crippen LogP contribution in [-0.4, -0.2) is 30.7 Å². The molecule has 0 amide bonds. The highest BCUT2D eigenvalue weighted by Crippen LogP contribution is 2.14. The van der Waals surface area contributed by atoms with E-state index < -0.39 is 0 Å². The lowest BCUT2D eigenvalue weighted by Gasteiger charge is -2.20. The second kappa shape index (κ2) is 7.31. The summed E-state index contributed by atoms with van der Waals surface area (Å²) in [7, 11) is 5.95. The largest absolute Gasteiger partial charge is 0.378 e. The van der Waals surface area contributed by atoms with Gasteiger partial charge in [-0.1, -0.05) is 26.0 Å². The van der Waals surface area contributed by atoms with Gasteiger partial charge in [0.1, 0.15) is 0 Å². The van der Waals surface area contributed by atoms with Gasteiger partial charge in [0.2, 0.25) is 0 Å². The molecule has 0 aliphatic rings. The van der Waals surface area contributed by atoms with Crippen LogP contribution in [-0.2, 0) is 13.1 Å². The molecule has 124 valence electrons. The van der Waals surface area contributed by atoms with Crippen molar-refractivity contribution in [2.24, 2.45) is 5.92 Å². The quantitative estimate of drug-likeness (QED) is 0.822. The number of anilines is 2. The normalized spacial score (nSPS) is 10.9. The van der Waals surface area contributed by atoms with Gasteiger partial charge in [0.15, 0.2) is 5.82 Å². The van der Waals surface area contributed by atoms with E-state index >= 15 is 0 Å². The molecule has 0 fully saturated rings. The Balaban J connectivity index is 2.17. The van der Waals surface area contributed by atoms with E-state index in [1.165, 1.54) is 0 Å². The third-order valence-electron chi connectivity index (χ3n) is 3.69. The van der Waals surface area contributed by atoms with E-state index in [2.05, 4.69) is 48.0 Å². The van der Waals surface area contributed by atoms with Gasteiger partial charge in [0, 0.05) is 52.3 Å². The summed E-state index contributed by atoms with van der Waals surface area (Å²) < 4.78 is 1.73. The van der Waals surface area contributed by atoms with Crippen LogP contribution in [0.1, 0.15) is 19.4 Å². The van der Waals surface area contributed by atoms with Crippen molar-refractivity contribution in [2.45, 2.75) is 26.9 Å². The van der Waals surface area contributed by atoms with Gasteiger partial charge in [-0.2, -0.15) is 0 Å². The molecule has 23 heavy (non-hydrogen) atoms. The Morgan fingerprint density at radius 1 is 1.13 bits per heavy atom. The summed E-state index contributed by atoms with van der Waals surface area (Å²) in [5.41, 5.74) is 2.28. The molecule has 0 N–H and O–H groups in total. The van der Waals surface area contributed by atoms with Gasteiger partial charge in [-0.3, -0.25) is 4.79 Å². The maximum Gasteiger partial charge on any atom is 0.293 e. The lowest BCUT2D eigenvalue weighted by atomic mass is 10.2. The van der Waals surface area contributed by atoms with Crippen LogP contribution in [0.4, 0.5) is 11.5 Å². The highest BCUT2D eigenvalue weighted by atomic mass is 16.1.